The number of ether oxygens (including phenoxy) is 1. The molecule has 21 heavy (non-hydrogen) atoms. The molecule has 0 spiro atoms. The van der Waals surface area contributed by atoms with Gasteiger partial charge in [0.25, 0.3) is 11.8 Å². The molecule has 1 aromatic carbocycles. The van der Waals surface area contributed by atoms with Gasteiger partial charge in [-0.25, -0.2) is 8.78 Å². The van der Waals surface area contributed by atoms with Crippen LogP contribution in [-0.2, 0) is 5.41 Å². The molecule has 2 rings (SSSR count). The van der Waals surface area contributed by atoms with Crippen molar-refractivity contribution in [3.63, 3.8) is 0 Å². The first-order valence-corrected chi connectivity index (χ1v) is 6.49. The Labute approximate surface area is 121 Å². The largest absolute Gasteiger partial charge is 0.436 e. The fourth-order valence-electron chi connectivity index (χ4n) is 1.92. The smallest absolute Gasteiger partial charge is 0.258 e. The van der Waals surface area contributed by atoms with E-state index in [1.54, 1.807) is 12.1 Å². The summed E-state index contributed by atoms with van der Waals surface area (Å²) in [6.45, 7) is 7.85. The molecule has 0 aliphatic rings. The van der Waals surface area contributed by atoms with Gasteiger partial charge in [0.05, 0.1) is 0 Å². The first kappa shape index (κ1) is 15.4. The topological polar surface area (TPSA) is 22.1 Å². The third-order valence-electron chi connectivity index (χ3n) is 3.00. The minimum Gasteiger partial charge on any atom is -0.436 e. The summed E-state index contributed by atoms with van der Waals surface area (Å²) >= 11 is 0. The van der Waals surface area contributed by atoms with Crippen molar-refractivity contribution in [1.29, 1.82) is 0 Å². The minimum absolute atomic E-state index is 0.254. The van der Waals surface area contributed by atoms with Crippen LogP contribution in [0.1, 0.15) is 31.9 Å². The van der Waals surface area contributed by atoms with Crippen LogP contribution in [0.15, 0.2) is 24.3 Å². The van der Waals surface area contributed by atoms with Gasteiger partial charge in [0.1, 0.15) is 5.75 Å². The second-order valence-electron chi connectivity index (χ2n) is 5.90. The molecule has 0 bridgehead atoms. The summed E-state index contributed by atoms with van der Waals surface area (Å²) < 4.78 is 45.0. The summed E-state index contributed by atoms with van der Waals surface area (Å²) in [4.78, 5) is 3.17. The molecule has 0 fully saturated rings. The van der Waals surface area contributed by atoms with Gasteiger partial charge in [-0.1, -0.05) is 38.5 Å². The Kier molecular flexibility index (Phi) is 3.94. The molecule has 112 valence electrons. The number of rotatable bonds is 2. The summed E-state index contributed by atoms with van der Waals surface area (Å²) in [6.07, 6.45) is 0. The van der Waals surface area contributed by atoms with Gasteiger partial charge in [0.15, 0.2) is 11.6 Å². The normalized spacial score (nSPS) is 11.6. The van der Waals surface area contributed by atoms with Crippen LogP contribution in [0.2, 0.25) is 0 Å². The maximum absolute atomic E-state index is 13.6. The Balaban J connectivity index is 2.47. The number of halogens is 3. The van der Waals surface area contributed by atoms with Crippen LogP contribution in [0.4, 0.5) is 13.2 Å². The Hall–Kier alpha value is -2.04. The minimum atomic E-state index is -1.39. The number of pyridine rings is 1. The number of benzene rings is 1. The van der Waals surface area contributed by atoms with Gasteiger partial charge in [-0.3, -0.25) is 0 Å². The Morgan fingerprint density at radius 3 is 2.29 bits per heavy atom. The second kappa shape index (κ2) is 5.39. The molecule has 0 saturated carbocycles. The zero-order chi connectivity index (χ0) is 15.8. The second-order valence-corrected chi connectivity index (χ2v) is 5.90. The Bertz CT molecular complexity index is 678. The lowest BCUT2D eigenvalue weighted by molar-refractivity contribution is 0.379. The highest BCUT2D eigenvalue weighted by Crippen LogP contribution is 2.35. The number of hydrogen-bond donors (Lipinski definition) is 0. The number of nitrogens with zero attached hydrogens (tertiary/aromatic N) is 1. The first-order chi connectivity index (χ1) is 9.68. The van der Waals surface area contributed by atoms with Crippen LogP contribution in [0.25, 0.3) is 0 Å². The molecule has 0 atom stereocenters. The zero-order valence-electron chi connectivity index (χ0n) is 12.3. The molecular weight excluding hydrogens is 279 g/mol. The lowest BCUT2D eigenvalue weighted by atomic mass is 9.85. The molecule has 0 saturated heterocycles. The average Bonchev–Trinajstić information content (AvgIpc) is 2.36. The maximum atomic E-state index is 13.6. The lowest BCUT2D eigenvalue weighted by Crippen LogP contribution is -2.13. The third-order valence-corrected chi connectivity index (χ3v) is 3.00. The van der Waals surface area contributed by atoms with Crippen molar-refractivity contribution in [2.24, 2.45) is 0 Å². The van der Waals surface area contributed by atoms with E-state index in [0.717, 1.165) is 11.1 Å². The van der Waals surface area contributed by atoms with E-state index in [1.807, 2.05) is 33.8 Å². The highest BCUT2D eigenvalue weighted by molar-refractivity contribution is 5.43. The predicted octanol–water partition coefficient (Wildman–Crippen LogP) is 4.90. The lowest BCUT2D eigenvalue weighted by Gasteiger charge is -2.23. The van der Waals surface area contributed by atoms with Crippen molar-refractivity contribution in [1.82, 2.24) is 4.98 Å². The summed E-state index contributed by atoms with van der Waals surface area (Å²) in [5, 5.41) is 0. The van der Waals surface area contributed by atoms with E-state index in [2.05, 4.69) is 4.98 Å². The van der Waals surface area contributed by atoms with E-state index >= 15 is 0 Å². The van der Waals surface area contributed by atoms with Crippen molar-refractivity contribution in [3.8, 4) is 11.6 Å². The summed E-state index contributed by atoms with van der Waals surface area (Å²) in [6, 6.07) is 5.79. The van der Waals surface area contributed by atoms with Crippen LogP contribution in [0, 0.1) is 24.5 Å². The van der Waals surface area contributed by atoms with Crippen molar-refractivity contribution in [2.75, 3.05) is 0 Å². The van der Waals surface area contributed by atoms with Crippen LogP contribution >= 0.6 is 0 Å². The van der Waals surface area contributed by atoms with E-state index in [1.165, 1.54) is 0 Å². The van der Waals surface area contributed by atoms with Crippen molar-refractivity contribution >= 4 is 0 Å². The van der Waals surface area contributed by atoms with Crippen LogP contribution in [0.3, 0.4) is 0 Å². The zero-order valence-corrected chi connectivity index (χ0v) is 12.3. The number of hydrogen-bond acceptors (Lipinski definition) is 2. The highest BCUT2D eigenvalue weighted by atomic mass is 19.2. The summed E-state index contributed by atoms with van der Waals surface area (Å²) in [7, 11) is 0. The standard InChI is InChI=1S/C16H16F3NO/c1-9-5-6-13(10(7-9)16(2,3)4)21-15-12(18)8-11(17)14(19)20-15/h5-8H,1-4H3. The summed E-state index contributed by atoms with van der Waals surface area (Å²) in [5.41, 5.74) is 1.59. The Morgan fingerprint density at radius 2 is 1.67 bits per heavy atom. The number of aromatic nitrogens is 1. The quantitative estimate of drug-likeness (QED) is 0.735. The van der Waals surface area contributed by atoms with Crippen molar-refractivity contribution < 1.29 is 17.9 Å². The highest BCUT2D eigenvalue weighted by Gasteiger charge is 2.21. The molecule has 2 aromatic rings. The number of aryl methyl sites for hydroxylation is 1. The molecule has 0 radical (unpaired) electrons. The maximum Gasteiger partial charge on any atom is 0.258 e. The van der Waals surface area contributed by atoms with Crippen LogP contribution in [-0.4, -0.2) is 4.98 Å². The summed E-state index contributed by atoms with van der Waals surface area (Å²) in [5.74, 6) is -4.00. The molecule has 0 N–H and O–H groups in total. The van der Waals surface area contributed by atoms with Gasteiger partial charge in [-0.2, -0.15) is 9.37 Å². The third kappa shape index (κ3) is 3.35. The van der Waals surface area contributed by atoms with Crippen molar-refractivity contribution in [2.45, 2.75) is 33.1 Å². The molecule has 0 amide bonds. The molecule has 0 unspecified atom stereocenters. The fraction of sp³-hybridized carbons (Fsp3) is 0.312. The van der Waals surface area contributed by atoms with E-state index in [0.29, 0.717) is 11.8 Å². The van der Waals surface area contributed by atoms with Gasteiger partial charge in [0, 0.05) is 11.6 Å². The average molecular weight is 295 g/mol. The van der Waals surface area contributed by atoms with E-state index in [4.69, 9.17) is 4.74 Å². The van der Waals surface area contributed by atoms with Gasteiger partial charge in [-0.15, -0.1) is 0 Å². The predicted molar refractivity (Wildman–Crippen MR) is 74.1 cm³/mol. The molecule has 0 aliphatic carbocycles. The monoisotopic (exact) mass is 295 g/mol. The van der Waals surface area contributed by atoms with Gasteiger partial charge < -0.3 is 4.74 Å². The van der Waals surface area contributed by atoms with Crippen LogP contribution in [0.5, 0.6) is 11.6 Å². The van der Waals surface area contributed by atoms with Crippen molar-refractivity contribution in [3.05, 3.63) is 53.0 Å². The van der Waals surface area contributed by atoms with E-state index < -0.39 is 23.5 Å². The van der Waals surface area contributed by atoms with E-state index in [9.17, 15) is 13.2 Å². The molecular formula is C16H16F3NO. The SMILES string of the molecule is Cc1ccc(Oc2nc(F)c(F)cc2F)c(C(C)(C)C)c1. The van der Waals surface area contributed by atoms with Gasteiger partial charge >= 0.3 is 0 Å². The molecule has 5 heteroatoms. The van der Waals surface area contributed by atoms with Gasteiger partial charge in [0.2, 0.25) is 0 Å². The molecule has 1 heterocycles. The molecule has 2 nitrogen and oxygen atoms in total. The molecule has 1 aromatic heterocycles. The van der Waals surface area contributed by atoms with E-state index in [-0.39, 0.29) is 5.41 Å². The van der Waals surface area contributed by atoms with Crippen LogP contribution < -0.4 is 4.74 Å². The molecule has 0 aliphatic heterocycles. The van der Waals surface area contributed by atoms with Gasteiger partial charge in [-0.05, 0) is 18.4 Å². The fourth-order valence-corrected chi connectivity index (χ4v) is 1.92. The first-order valence-electron chi connectivity index (χ1n) is 6.49. The Morgan fingerprint density at radius 1 is 1.00 bits per heavy atom.